The number of nitrogens with one attached hydrogen (secondary N) is 1. The third-order valence-electron chi connectivity index (χ3n) is 3.48. The van der Waals surface area contributed by atoms with Crippen LogP contribution in [0.5, 0.6) is 0 Å². The number of piperidine rings is 1. The van der Waals surface area contributed by atoms with Gasteiger partial charge in [0.05, 0.1) is 4.92 Å². The van der Waals surface area contributed by atoms with Crippen LogP contribution in [0.15, 0.2) is 6.20 Å². The minimum Gasteiger partial charge on any atom is -0.369 e. The van der Waals surface area contributed by atoms with Gasteiger partial charge in [-0.1, -0.05) is 0 Å². The third kappa shape index (κ3) is 3.36. The standard InChI is InChI=1S/C12H18N6O3/c1-2-14-12-15-7-9(18(20)21)11(16-12)17-5-3-8(4-6-17)10(13)19/h7-8H,2-6H2,1H3,(H2,13,19)(H,14,15,16). The molecule has 1 fully saturated rings. The van der Waals surface area contributed by atoms with E-state index < -0.39 is 4.92 Å². The van der Waals surface area contributed by atoms with Crippen molar-refractivity contribution in [2.45, 2.75) is 19.8 Å². The van der Waals surface area contributed by atoms with Crippen molar-refractivity contribution in [3.63, 3.8) is 0 Å². The van der Waals surface area contributed by atoms with E-state index in [1.54, 1.807) is 4.90 Å². The van der Waals surface area contributed by atoms with Crippen molar-refractivity contribution in [1.82, 2.24) is 9.97 Å². The van der Waals surface area contributed by atoms with E-state index in [9.17, 15) is 14.9 Å². The lowest BCUT2D eigenvalue weighted by Crippen LogP contribution is -2.39. The van der Waals surface area contributed by atoms with Gasteiger partial charge < -0.3 is 16.0 Å². The highest BCUT2D eigenvalue weighted by Crippen LogP contribution is 2.29. The number of nitrogens with two attached hydrogens (primary N) is 1. The smallest absolute Gasteiger partial charge is 0.329 e. The molecule has 114 valence electrons. The summed E-state index contributed by atoms with van der Waals surface area (Å²) < 4.78 is 0. The van der Waals surface area contributed by atoms with E-state index in [0.717, 1.165) is 0 Å². The van der Waals surface area contributed by atoms with Crippen LogP contribution in [0.25, 0.3) is 0 Å². The first kappa shape index (κ1) is 14.9. The molecule has 0 spiro atoms. The van der Waals surface area contributed by atoms with Crippen LogP contribution in [-0.4, -0.2) is 40.4 Å². The lowest BCUT2D eigenvalue weighted by Gasteiger charge is -2.31. The highest BCUT2D eigenvalue weighted by atomic mass is 16.6. The van der Waals surface area contributed by atoms with E-state index in [1.807, 2.05) is 6.92 Å². The number of rotatable bonds is 5. The fourth-order valence-electron chi connectivity index (χ4n) is 2.35. The predicted octanol–water partition coefficient (Wildman–Crippen LogP) is 0.518. The zero-order chi connectivity index (χ0) is 15.4. The van der Waals surface area contributed by atoms with Crippen molar-refractivity contribution in [3.8, 4) is 0 Å². The second-order valence-electron chi connectivity index (χ2n) is 4.85. The van der Waals surface area contributed by atoms with Gasteiger partial charge in [0.25, 0.3) is 0 Å². The molecule has 0 bridgehead atoms. The number of aromatic nitrogens is 2. The molecule has 0 aliphatic carbocycles. The summed E-state index contributed by atoms with van der Waals surface area (Å²) in [6.45, 7) is 3.54. The molecule has 2 rings (SSSR count). The average molecular weight is 294 g/mol. The van der Waals surface area contributed by atoms with E-state index >= 15 is 0 Å². The van der Waals surface area contributed by atoms with Crippen molar-refractivity contribution < 1.29 is 9.72 Å². The summed E-state index contributed by atoms with van der Waals surface area (Å²) in [7, 11) is 0. The Morgan fingerprint density at radius 2 is 2.24 bits per heavy atom. The van der Waals surface area contributed by atoms with Gasteiger partial charge in [0, 0.05) is 25.6 Å². The van der Waals surface area contributed by atoms with Crippen LogP contribution in [0.3, 0.4) is 0 Å². The number of primary amides is 1. The van der Waals surface area contributed by atoms with Gasteiger partial charge in [-0.2, -0.15) is 4.98 Å². The Kier molecular flexibility index (Phi) is 4.51. The molecule has 1 amide bonds. The highest BCUT2D eigenvalue weighted by Gasteiger charge is 2.28. The predicted molar refractivity (Wildman–Crippen MR) is 77.0 cm³/mol. The minimum atomic E-state index is -0.495. The van der Waals surface area contributed by atoms with E-state index in [4.69, 9.17) is 5.73 Å². The first-order valence-corrected chi connectivity index (χ1v) is 6.82. The number of hydrogen-bond acceptors (Lipinski definition) is 7. The van der Waals surface area contributed by atoms with Crippen LogP contribution in [-0.2, 0) is 4.79 Å². The average Bonchev–Trinajstić information content (AvgIpc) is 2.47. The van der Waals surface area contributed by atoms with Gasteiger partial charge in [-0.25, -0.2) is 4.98 Å². The summed E-state index contributed by atoms with van der Waals surface area (Å²) in [5.41, 5.74) is 5.16. The molecule has 1 saturated heterocycles. The fraction of sp³-hybridized carbons (Fsp3) is 0.583. The van der Waals surface area contributed by atoms with Crippen molar-refractivity contribution >= 4 is 23.4 Å². The van der Waals surface area contributed by atoms with Crippen molar-refractivity contribution in [2.24, 2.45) is 11.7 Å². The summed E-state index contributed by atoms with van der Waals surface area (Å²) in [5.74, 6) is 0.152. The Morgan fingerprint density at radius 3 is 2.76 bits per heavy atom. The Hall–Kier alpha value is -2.45. The Labute approximate surface area is 121 Å². The molecule has 0 atom stereocenters. The fourth-order valence-corrected chi connectivity index (χ4v) is 2.35. The monoisotopic (exact) mass is 294 g/mol. The van der Waals surface area contributed by atoms with E-state index in [0.29, 0.717) is 38.4 Å². The maximum absolute atomic E-state index is 11.2. The molecule has 21 heavy (non-hydrogen) atoms. The molecule has 9 heteroatoms. The molecule has 1 aromatic rings. The largest absolute Gasteiger partial charge is 0.369 e. The maximum Gasteiger partial charge on any atom is 0.329 e. The van der Waals surface area contributed by atoms with Gasteiger partial charge in [0.2, 0.25) is 17.7 Å². The lowest BCUT2D eigenvalue weighted by molar-refractivity contribution is -0.384. The second-order valence-corrected chi connectivity index (χ2v) is 4.85. The lowest BCUT2D eigenvalue weighted by atomic mass is 9.96. The van der Waals surface area contributed by atoms with Crippen LogP contribution >= 0.6 is 0 Å². The number of nitro groups is 1. The maximum atomic E-state index is 11.2. The Morgan fingerprint density at radius 1 is 1.57 bits per heavy atom. The second kappa shape index (κ2) is 6.33. The first-order valence-electron chi connectivity index (χ1n) is 6.82. The first-order chi connectivity index (χ1) is 10.0. The van der Waals surface area contributed by atoms with Crippen LogP contribution in [0.4, 0.5) is 17.5 Å². The van der Waals surface area contributed by atoms with Gasteiger partial charge in [0.1, 0.15) is 6.20 Å². The molecule has 1 aliphatic heterocycles. The molecule has 1 aliphatic rings. The van der Waals surface area contributed by atoms with Gasteiger partial charge in [0.15, 0.2) is 0 Å². The number of hydrogen-bond donors (Lipinski definition) is 2. The van der Waals surface area contributed by atoms with Gasteiger partial charge in [-0.05, 0) is 19.8 Å². The van der Waals surface area contributed by atoms with Crippen molar-refractivity contribution in [3.05, 3.63) is 16.3 Å². The van der Waals surface area contributed by atoms with Crippen LogP contribution < -0.4 is 16.0 Å². The quantitative estimate of drug-likeness (QED) is 0.598. The van der Waals surface area contributed by atoms with Crippen molar-refractivity contribution in [1.29, 1.82) is 0 Å². The number of carbonyl (C=O) groups is 1. The van der Waals surface area contributed by atoms with E-state index in [2.05, 4.69) is 15.3 Å². The molecule has 0 saturated carbocycles. The van der Waals surface area contributed by atoms with E-state index in [-0.39, 0.29) is 23.3 Å². The van der Waals surface area contributed by atoms with Gasteiger partial charge in [-0.15, -0.1) is 0 Å². The van der Waals surface area contributed by atoms with Gasteiger partial charge >= 0.3 is 5.69 Å². The summed E-state index contributed by atoms with van der Waals surface area (Å²) in [6, 6.07) is 0. The molecule has 2 heterocycles. The molecule has 1 aromatic heterocycles. The number of anilines is 2. The molecular weight excluding hydrogens is 276 g/mol. The molecule has 3 N–H and O–H groups in total. The SMILES string of the molecule is CCNc1ncc([N+](=O)[O-])c(N2CCC(C(N)=O)CC2)n1. The summed E-state index contributed by atoms with van der Waals surface area (Å²) in [5, 5.41) is 14.0. The number of amides is 1. The highest BCUT2D eigenvalue weighted by molar-refractivity contribution is 5.77. The zero-order valence-electron chi connectivity index (χ0n) is 11.8. The van der Waals surface area contributed by atoms with Crippen LogP contribution in [0, 0.1) is 16.0 Å². The molecule has 0 unspecified atom stereocenters. The zero-order valence-corrected chi connectivity index (χ0v) is 11.8. The van der Waals surface area contributed by atoms with E-state index in [1.165, 1.54) is 6.20 Å². The molecule has 9 nitrogen and oxygen atoms in total. The number of nitrogens with zero attached hydrogens (tertiary/aromatic N) is 4. The molecule has 0 aromatic carbocycles. The van der Waals surface area contributed by atoms with Crippen LogP contribution in [0.2, 0.25) is 0 Å². The van der Waals surface area contributed by atoms with Crippen LogP contribution in [0.1, 0.15) is 19.8 Å². The topological polar surface area (TPSA) is 127 Å². The summed E-state index contributed by atoms with van der Waals surface area (Å²) >= 11 is 0. The summed E-state index contributed by atoms with van der Waals surface area (Å²) in [6.07, 6.45) is 2.36. The Balaban J connectivity index is 2.23. The molecule has 0 radical (unpaired) electrons. The normalized spacial score (nSPS) is 15.8. The molecular formula is C12H18N6O3. The number of carbonyl (C=O) groups excluding carboxylic acids is 1. The third-order valence-corrected chi connectivity index (χ3v) is 3.48. The van der Waals surface area contributed by atoms with Crippen molar-refractivity contribution in [2.75, 3.05) is 29.9 Å². The van der Waals surface area contributed by atoms with Gasteiger partial charge in [-0.3, -0.25) is 14.9 Å². The minimum absolute atomic E-state index is 0.130. The Bertz CT molecular complexity index is 542. The summed E-state index contributed by atoms with van der Waals surface area (Å²) in [4.78, 5) is 31.7.